The quantitative estimate of drug-likeness (QED) is 0.853. The van der Waals surface area contributed by atoms with E-state index in [1.165, 1.54) is 6.26 Å². The minimum Gasteiger partial charge on any atom is -0.355 e. The Bertz CT molecular complexity index is 808. The number of thiazole rings is 1. The monoisotopic (exact) mass is 364 g/mol. The summed E-state index contributed by atoms with van der Waals surface area (Å²) in [6.07, 6.45) is 6.29. The second kappa shape index (κ2) is 6.64. The van der Waals surface area contributed by atoms with Gasteiger partial charge in [0.15, 0.2) is 9.84 Å². The molecule has 3 rings (SSSR count). The van der Waals surface area contributed by atoms with E-state index in [1.807, 2.05) is 5.38 Å². The highest BCUT2D eigenvalue weighted by atomic mass is 32.2. The Morgan fingerprint density at radius 1 is 1.29 bits per heavy atom. The van der Waals surface area contributed by atoms with Gasteiger partial charge in [-0.1, -0.05) is 18.6 Å². The van der Waals surface area contributed by atoms with Crippen molar-refractivity contribution in [3.05, 3.63) is 46.4 Å². The zero-order valence-electron chi connectivity index (χ0n) is 13.5. The predicted molar refractivity (Wildman–Crippen MR) is 93.9 cm³/mol. The number of sulfone groups is 1. The number of hydrogen-bond donors (Lipinski definition) is 1. The van der Waals surface area contributed by atoms with Crippen molar-refractivity contribution in [2.45, 2.75) is 36.0 Å². The number of amides is 1. The van der Waals surface area contributed by atoms with Gasteiger partial charge in [-0.15, -0.1) is 11.3 Å². The zero-order valence-corrected chi connectivity index (χ0v) is 15.1. The van der Waals surface area contributed by atoms with Crippen LogP contribution < -0.4 is 5.32 Å². The van der Waals surface area contributed by atoms with E-state index >= 15 is 0 Å². The molecule has 1 aromatic heterocycles. The summed E-state index contributed by atoms with van der Waals surface area (Å²) in [5.74, 6) is 0.0254. The second-order valence-corrected chi connectivity index (χ2v) is 9.16. The molecule has 0 atom stereocenters. The van der Waals surface area contributed by atoms with Gasteiger partial charge in [0.2, 0.25) is 5.91 Å². The predicted octanol–water partition coefficient (Wildman–Crippen LogP) is 2.33. The lowest BCUT2D eigenvalue weighted by Crippen LogP contribution is -2.49. The first-order chi connectivity index (χ1) is 11.4. The summed E-state index contributed by atoms with van der Waals surface area (Å²) in [5, 5.41) is 5.95. The number of nitrogens with one attached hydrogen (secondary N) is 1. The lowest BCUT2D eigenvalue weighted by molar-refractivity contribution is -0.129. The van der Waals surface area contributed by atoms with E-state index in [0.717, 1.165) is 36.3 Å². The summed E-state index contributed by atoms with van der Waals surface area (Å²) in [7, 11) is -3.22. The molecule has 128 valence electrons. The molecule has 1 fully saturated rings. The molecular weight excluding hydrogens is 344 g/mol. The SMILES string of the molecule is CS(=O)(=O)c1ccc(C2(C(=O)NCCc3nccs3)CCC2)cc1. The first-order valence-electron chi connectivity index (χ1n) is 7.89. The van der Waals surface area contributed by atoms with E-state index in [0.29, 0.717) is 6.54 Å². The Balaban J connectivity index is 1.70. The van der Waals surface area contributed by atoms with Gasteiger partial charge in [-0.3, -0.25) is 4.79 Å². The first kappa shape index (κ1) is 17.1. The molecule has 7 heteroatoms. The normalized spacial score (nSPS) is 16.4. The summed E-state index contributed by atoms with van der Waals surface area (Å²) in [5.41, 5.74) is 0.381. The van der Waals surface area contributed by atoms with Crippen molar-refractivity contribution in [3.8, 4) is 0 Å². The third-order valence-corrected chi connectivity index (χ3v) is 6.55. The van der Waals surface area contributed by atoms with Crippen LogP contribution in [0.15, 0.2) is 40.7 Å². The van der Waals surface area contributed by atoms with Gasteiger partial charge in [0, 0.05) is 30.8 Å². The van der Waals surface area contributed by atoms with Gasteiger partial charge in [0.05, 0.1) is 15.3 Å². The summed E-state index contributed by atoms with van der Waals surface area (Å²) >= 11 is 1.58. The fourth-order valence-electron chi connectivity index (χ4n) is 3.03. The molecule has 1 saturated carbocycles. The van der Waals surface area contributed by atoms with Gasteiger partial charge in [0.25, 0.3) is 0 Å². The van der Waals surface area contributed by atoms with Crippen LogP contribution in [0.25, 0.3) is 0 Å². The maximum absolute atomic E-state index is 12.7. The number of carbonyl (C=O) groups excluding carboxylic acids is 1. The van der Waals surface area contributed by atoms with Crippen LogP contribution in [0.4, 0.5) is 0 Å². The molecule has 24 heavy (non-hydrogen) atoms. The van der Waals surface area contributed by atoms with Crippen LogP contribution in [-0.4, -0.2) is 32.1 Å². The Morgan fingerprint density at radius 2 is 2.00 bits per heavy atom. The highest BCUT2D eigenvalue weighted by molar-refractivity contribution is 7.90. The van der Waals surface area contributed by atoms with Crippen molar-refractivity contribution in [1.82, 2.24) is 10.3 Å². The summed E-state index contributed by atoms with van der Waals surface area (Å²) in [6.45, 7) is 0.565. The number of nitrogens with zero attached hydrogens (tertiary/aromatic N) is 1. The van der Waals surface area contributed by atoms with Gasteiger partial charge in [-0.05, 0) is 30.5 Å². The molecule has 2 aromatic rings. The summed E-state index contributed by atoms with van der Waals surface area (Å²) in [4.78, 5) is 17.2. The van der Waals surface area contributed by atoms with Crippen LogP contribution in [0.5, 0.6) is 0 Å². The molecule has 0 spiro atoms. The molecule has 1 heterocycles. The van der Waals surface area contributed by atoms with E-state index in [9.17, 15) is 13.2 Å². The Morgan fingerprint density at radius 3 is 2.50 bits per heavy atom. The molecule has 1 aromatic carbocycles. The maximum atomic E-state index is 12.7. The van der Waals surface area contributed by atoms with E-state index in [-0.39, 0.29) is 10.8 Å². The third-order valence-electron chi connectivity index (χ3n) is 4.58. The lowest BCUT2D eigenvalue weighted by atomic mass is 9.64. The lowest BCUT2D eigenvalue weighted by Gasteiger charge is -2.40. The van der Waals surface area contributed by atoms with Crippen LogP contribution in [0, 0.1) is 0 Å². The van der Waals surface area contributed by atoms with E-state index < -0.39 is 15.3 Å². The topological polar surface area (TPSA) is 76.1 Å². The average Bonchev–Trinajstić information content (AvgIpc) is 2.99. The van der Waals surface area contributed by atoms with Gasteiger partial charge in [-0.2, -0.15) is 0 Å². The molecule has 1 N–H and O–H groups in total. The molecule has 1 amide bonds. The highest BCUT2D eigenvalue weighted by Crippen LogP contribution is 2.44. The van der Waals surface area contributed by atoms with Crippen molar-refractivity contribution in [3.63, 3.8) is 0 Å². The van der Waals surface area contributed by atoms with Crippen molar-refractivity contribution in [2.24, 2.45) is 0 Å². The minimum absolute atomic E-state index is 0.0254. The fraction of sp³-hybridized carbons (Fsp3) is 0.412. The van der Waals surface area contributed by atoms with Crippen molar-refractivity contribution in [2.75, 3.05) is 12.8 Å². The second-order valence-electron chi connectivity index (χ2n) is 6.16. The van der Waals surface area contributed by atoms with Crippen LogP contribution >= 0.6 is 11.3 Å². The summed E-state index contributed by atoms with van der Waals surface area (Å²) < 4.78 is 23.2. The number of aromatic nitrogens is 1. The number of benzene rings is 1. The van der Waals surface area contributed by atoms with Gasteiger partial charge in [-0.25, -0.2) is 13.4 Å². The molecule has 0 radical (unpaired) electrons. The highest BCUT2D eigenvalue weighted by Gasteiger charge is 2.45. The molecule has 0 aliphatic heterocycles. The summed E-state index contributed by atoms with van der Waals surface area (Å²) in [6, 6.07) is 6.73. The smallest absolute Gasteiger partial charge is 0.230 e. The van der Waals surface area contributed by atoms with Crippen LogP contribution in [0.1, 0.15) is 29.8 Å². The van der Waals surface area contributed by atoms with Gasteiger partial charge >= 0.3 is 0 Å². The number of carbonyl (C=O) groups is 1. The molecule has 1 aliphatic carbocycles. The van der Waals surface area contributed by atoms with Gasteiger partial charge < -0.3 is 5.32 Å². The van der Waals surface area contributed by atoms with E-state index in [4.69, 9.17) is 0 Å². The molecule has 0 bridgehead atoms. The maximum Gasteiger partial charge on any atom is 0.230 e. The molecule has 1 aliphatic rings. The standard InChI is InChI=1S/C17H20N2O3S2/c1-24(21,22)14-5-3-13(4-6-14)17(8-2-9-17)16(20)19-10-7-15-18-11-12-23-15/h3-6,11-12H,2,7-10H2,1H3,(H,19,20). The Hall–Kier alpha value is -1.73. The molecular formula is C17H20N2O3S2. The Kier molecular flexibility index (Phi) is 4.73. The van der Waals surface area contributed by atoms with Crippen LogP contribution in [0.2, 0.25) is 0 Å². The van der Waals surface area contributed by atoms with Gasteiger partial charge in [0.1, 0.15) is 0 Å². The molecule has 0 saturated heterocycles. The first-order valence-corrected chi connectivity index (χ1v) is 10.7. The van der Waals surface area contributed by atoms with Crippen LogP contribution in [0.3, 0.4) is 0 Å². The molecule has 0 unspecified atom stereocenters. The average molecular weight is 364 g/mol. The van der Waals surface area contributed by atoms with Crippen molar-refractivity contribution >= 4 is 27.1 Å². The zero-order chi connectivity index (χ0) is 17.2. The number of rotatable bonds is 6. The van der Waals surface area contributed by atoms with Crippen molar-refractivity contribution in [1.29, 1.82) is 0 Å². The van der Waals surface area contributed by atoms with Crippen molar-refractivity contribution < 1.29 is 13.2 Å². The fourth-order valence-corrected chi connectivity index (χ4v) is 4.28. The third kappa shape index (κ3) is 3.37. The van der Waals surface area contributed by atoms with E-state index in [2.05, 4.69) is 10.3 Å². The largest absolute Gasteiger partial charge is 0.355 e. The minimum atomic E-state index is -3.22. The molecule has 5 nitrogen and oxygen atoms in total. The number of hydrogen-bond acceptors (Lipinski definition) is 5. The Labute approximate surface area is 146 Å². The van der Waals surface area contributed by atoms with E-state index in [1.54, 1.807) is 41.8 Å². The van der Waals surface area contributed by atoms with Crippen LogP contribution in [-0.2, 0) is 26.5 Å².